The van der Waals surface area contributed by atoms with E-state index >= 15 is 0 Å². The summed E-state index contributed by atoms with van der Waals surface area (Å²) in [6, 6.07) is 2.49. The molecule has 2 rings (SSSR count). The van der Waals surface area contributed by atoms with Crippen LogP contribution in [0.1, 0.15) is 38.7 Å². The third-order valence-electron chi connectivity index (χ3n) is 5.88. The molecule has 3 amide bonds. The lowest BCUT2D eigenvalue weighted by atomic mass is 10.00. The molecule has 13 heteroatoms. The quantitative estimate of drug-likeness (QED) is 0.147. The van der Waals surface area contributed by atoms with Crippen molar-refractivity contribution >= 4 is 40.6 Å². The molecule has 0 aliphatic rings. The summed E-state index contributed by atoms with van der Waals surface area (Å²) < 4.78 is 0. The first kappa shape index (κ1) is 30.3. The van der Waals surface area contributed by atoms with Crippen molar-refractivity contribution in [2.24, 2.45) is 17.4 Å². The van der Waals surface area contributed by atoms with E-state index in [1.165, 1.54) is 0 Å². The SMILES string of the molecule is CC(C)C[C@H](NC(=O)[C@H](Cc1c[nH]c2ccccc12)NC(=O)[C@@H](N)CCN)C(=O)N[C@@H](CC(=O)O)C(=O)O. The van der Waals surface area contributed by atoms with Gasteiger partial charge in [-0.25, -0.2) is 4.79 Å². The molecule has 0 fully saturated rings. The van der Waals surface area contributed by atoms with Crippen LogP contribution < -0.4 is 27.4 Å². The summed E-state index contributed by atoms with van der Waals surface area (Å²) in [5, 5.41) is 26.5. The number of hydrogen-bond acceptors (Lipinski definition) is 7. The number of aromatic nitrogens is 1. The first-order chi connectivity index (χ1) is 17.9. The number of nitrogens with two attached hydrogens (primary N) is 2. The molecule has 0 saturated heterocycles. The molecule has 13 nitrogen and oxygen atoms in total. The second kappa shape index (κ2) is 14.1. The third-order valence-corrected chi connectivity index (χ3v) is 5.88. The highest BCUT2D eigenvalue weighted by atomic mass is 16.4. The first-order valence-electron chi connectivity index (χ1n) is 12.3. The number of carboxylic acids is 2. The highest BCUT2D eigenvalue weighted by molar-refractivity contribution is 5.95. The fraction of sp³-hybridized carbons (Fsp3) is 0.480. The van der Waals surface area contributed by atoms with Crippen LogP contribution in [0.2, 0.25) is 0 Å². The van der Waals surface area contributed by atoms with Gasteiger partial charge in [-0.2, -0.15) is 0 Å². The maximum atomic E-state index is 13.4. The van der Waals surface area contributed by atoms with Gasteiger partial charge in [0.05, 0.1) is 12.5 Å². The number of fused-ring (bicyclic) bond motifs is 1. The fourth-order valence-electron chi connectivity index (χ4n) is 3.94. The van der Waals surface area contributed by atoms with Crippen molar-refractivity contribution in [2.75, 3.05) is 6.54 Å². The number of carboxylic acid groups (broad SMARTS) is 2. The largest absolute Gasteiger partial charge is 0.481 e. The first-order valence-corrected chi connectivity index (χ1v) is 12.3. The van der Waals surface area contributed by atoms with Gasteiger partial charge in [0, 0.05) is 23.5 Å². The van der Waals surface area contributed by atoms with Crippen LogP contribution in [0.4, 0.5) is 0 Å². The minimum absolute atomic E-state index is 0.0731. The van der Waals surface area contributed by atoms with E-state index in [4.69, 9.17) is 16.6 Å². The van der Waals surface area contributed by atoms with Crippen molar-refractivity contribution in [3.63, 3.8) is 0 Å². The van der Waals surface area contributed by atoms with Crippen LogP contribution in [0.3, 0.4) is 0 Å². The third kappa shape index (κ3) is 8.85. The predicted molar refractivity (Wildman–Crippen MR) is 139 cm³/mol. The van der Waals surface area contributed by atoms with Crippen molar-refractivity contribution in [1.82, 2.24) is 20.9 Å². The number of aromatic amines is 1. The zero-order valence-corrected chi connectivity index (χ0v) is 21.4. The lowest BCUT2D eigenvalue weighted by molar-refractivity contribution is -0.147. The molecule has 1 aromatic carbocycles. The summed E-state index contributed by atoms with van der Waals surface area (Å²) in [5.74, 6) is -5.14. The Morgan fingerprint density at radius 2 is 1.53 bits per heavy atom. The van der Waals surface area contributed by atoms with Crippen molar-refractivity contribution in [1.29, 1.82) is 0 Å². The predicted octanol–water partition coefficient (Wildman–Crippen LogP) is -0.554. The molecule has 38 heavy (non-hydrogen) atoms. The van der Waals surface area contributed by atoms with Gasteiger partial charge in [-0.1, -0.05) is 32.0 Å². The molecule has 2 aromatic rings. The maximum Gasteiger partial charge on any atom is 0.326 e. The molecule has 1 heterocycles. The highest BCUT2D eigenvalue weighted by Gasteiger charge is 2.32. The number of rotatable bonds is 15. The zero-order valence-electron chi connectivity index (χ0n) is 21.4. The summed E-state index contributed by atoms with van der Waals surface area (Å²) in [4.78, 5) is 64.6. The standard InChI is InChI=1S/C25H36N6O7/c1-13(2)9-18(23(35)31-20(25(37)38)11-21(32)33)30-24(36)19(29-22(34)16(27)7-8-26)10-14-12-28-17-6-4-3-5-15(14)17/h3-6,12-13,16,18-20,28H,7-11,26-27H2,1-2H3,(H,29,34)(H,30,36)(H,31,35)(H,32,33)(H,37,38)/t16-,18-,19-,20-/m0/s1. The number of amides is 3. The van der Waals surface area contributed by atoms with Crippen LogP contribution in [-0.2, 0) is 30.4 Å². The number of H-pyrrole nitrogens is 1. The molecule has 0 aliphatic heterocycles. The average Bonchev–Trinajstić information content (AvgIpc) is 3.25. The molecule has 0 radical (unpaired) electrons. The second-order valence-electron chi connectivity index (χ2n) is 9.50. The van der Waals surface area contributed by atoms with Crippen molar-refractivity contribution < 1.29 is 34.2 Å². The zero-order chi connectivity index (χ0) is 28.4. The Morgan fingerprint density at radius 3 is 2.13 bits per heavy atom. The molecule has 0 spiro atoms. The number of aliphatic carboxylic acids is 2. The highest BCUT2D eigenvalue weighted by Crippen LogP contribution is 2.19. The van der Waals surface area contributed by atoms with Gasteiger partial charge in [-0.15, -0.1) is 0 Å². The van der Waals surface area contributed by atoms with E-state index in [0.717, 1.165) is 16.5 Å². The maximum absolute atomic E-state index is 13.4. The van der Waals surface area contributed by atoms with Gasteiger partial charge in [-0.05, 0) is 36.9 Å². The van der Waals surface area contributed by atoms with Crippen molar-refractivity contribution in [2.45, 2.75) is 63.7 Å². The average molecular weight is 533 g/mol. The molecular weight excluding hydrogens is 496 g/mol. The molecule has 1 aromatic heterocycles. The van der Waals surface area contributed by atoms with Crippen LogP contribution in [-0.4, -0.2) is 75.6 Å². The van der Waals surface area contributed by atoms with Crippen LogP contribution in [0.15, 0.2) is 30.5 Å². The van der Waals surface area contributed by atoms with Crippen LogP contribution in [0.5, 0.6) is 0 Å². The number of nitrogens with one attached hydrogen (secondary N) is 4. The Bertz CT molecular complexity index is 1150. The minimum atomic E-state index is -1.68. The van der Waals surface area contributed by atoms with Crippen molar-refractivity contribution in [3.8, 4) is 0 Å². The van der Waals surface area contributed by atoms with Gasteiger partial charge in [0.1, 0.15) is 18.1 Å². The summed E-state index contributed by atoms with van der Waals surface area (Å²) >= 11 is 0. The van der Waals surface area contributed by atoms with E-state index in [-0.39, 0.29) is 31.7 Å². The normalized spacial score (nSPS) is 14.3. The summed E-state index contributed by atoms with van der Waals surface area (Å²) in [6.45, 7) is 3.77. The van der Waals surface area contributed by atoms with E-state index < -0.39 is 60.2 Å². The molecule has 208 valence electrons. The Labute approximate surface area is 219 Å². The second-order valence-corrected chi connectivity index (χ2v) is 9.50. The van der Waals surface area contributed by atoms with E-state index in [1.54, 1.807) is 20.0 Å². The molecule has 0 unspecified atom stereocenters. The van der Waals surface area contributed by atoms with Crippen LogP contribution >= 0.6 is 0 Å². The smallest absolute Gasteiger partial charge is 0.326 e. The number of hydrogen-bond donors (Lipinski definition) is 8. The Balaban J connectivity index is 2.29. The van der Waals surface area contributed by atoms with Gasteiger partial charge < -0.3 is 42.6 Å². The Hall–Kier alpha value is -3.97. The van der Waals surface area contributed by atoms with E-state index in [0.29, 0.717) is 0 Å². The summed E-state index contributed by atoms with van der Waals surface area (Å²) in [5.41, 5.74) is 13.0. The van der Waals surface area contributed by atoms with E-state index in [2.05, 4.69) is 20.9 Å². The van der Waals surface area contributed by atoms with Crippen LogP contribution in [0, 0.1) is 5.92 Å². The minimum Gasteiger partial charge on any atom is -0.481 e. The molecule has 0 aliphatic carbocycles. The number of benzene rings is 1. The van der Waals surface area contributed by atoms with Gasteiger partial charge in [0.25, 0.3) is 0 Å². The number of carbonyl (C=O) groups excluding carboxylic acids is 3. The topological polar surface area (TPSA) is 230 Å². The van der Waals surface area contributed by atoms with Gasteiger partial charge >= 0.3 is 11.9 Å². The Morgan fingerprint density at radius 1 is 0.921 bits per heavy atom. The number of carbonyl (C=O) groups is 5. The lowest BCUT2D eigenvalue weighted by Crippen LogP contribution is -2.58. The van der Waals surface area contributed by atoms with Gasteiger partial charge in [-0.3, -0.25) is 19.2 Å². The molecule has 0 bridgehead atoms. The molecule has 4 atom stereocenters. The molecule has 0 saturated carbocycles. The van der Waals surface area contributed by atoms with Crippen molar-refractivity contribution in [3.05, 3.63) is 36.0 Å². The lowest BCUT2D eigenvalue weighted by Gasteiger charge is -2.26. The van der Waals surface area contributed by atoms with E-state index in [9.17, 15) is 29.1 Å². The van der Waals surface area contributed by atoms with E-state index in [1.807, 2.05) is 24.3 Å². The Kier molecular flexibility index (Phi) is 11.2. The molecular formula is C25H36N6O7. The summed E-state index contributed by atoms with van der Waals surface area (Å²) in [7, 11) is 0. The monoisotopic (exact) mass is 532 g/mol. The summed E-state index contributed by atoms with van der Waals surface area (Å²) in [6.07, 6.45) is 1.30. The van der Waals surface area contributed by atoms with Gasteiger partial charge in [0.15, 0.2) is 0 Å². The fourth-order valence-corrected chi connectivity index (χ4v) is 3.94. The van der Waals surface area contributed by atoms with Crippen LogP contribution in [0.25, 0.3) is 10.9 Å². The number of para-hydroxylation sites is 1. The molecule has 10 N–H and O–H groups in total. The van der Waals surface area contributed by atoms with Gasteiger partial charge in [0.2, 0.25) is 17.7 Å².